The fourth-order valence-electron chi connectivity index (χ4n) is 4.49. The summed E-state index contributed by atoms with van der Waals surface area (Å²) in [4.78, 5) is 39.0. The first-order valence-electron chi connectivity index (χ1n) is 12.6. The number of carbonyl (C=O) groups is 3. The van der Waals surface area contributed by atoms with Gasteiger partial charge in [-0.25, -0.2) is 14.4 Å². The molecule has 0 aliphatic carbocycles. The third-order valence-corrected chi connectivity index (χ3v) is 6.30. The van der Waals surface area contributed by atoms with E-state index in [-0.39, 0.29) is 12.2 Å². The van der Waals surface area contributed by atoms with Crippen molar-refractivity contribution in [1.82, 2.24) is 0 Å². The Bertz CT molecular complexity index is 1290. The second kappa shape index (κ2) is 11.4. The van der Waals surface area contributed by atoms with E-state index < -0.39 is 54.4 Å². The Labute approximate surface area is 225 Å². The van der Waals surface area contributed by atoms with Gasteiger partial charge in [0.2, 0.25) is 0 Å². The van der Waals surface area contributed by atoms with Crippen LogP contribution in [0.25, 0.3) is 0 Å². The average Bonchev–Trinajstić information content (AvgIpc) is 3.28. The van der Waals surface area contributed by atoms with Crippen LogP contribution in [-0.2, 0) is 28.4 Å². The van der Waals surface area contributed by atoms with Crippen LogP contribution in [0.15, 0.2) is 91.0 Å². The lowest BCUT2D eigenvalue weighted by Crippen LogP contribution is -2.60. The van der Waals surface area contributed by atoms with E-state index in [0.717, 1.165) is 0 Å². The predicted octanol–water partition coefficient (Wildman–Crippen LogP) is 4.17. The first kappa shape index (κ1) is 26.6. The van der Waals surface area contributed by atoms with Crippen LogP contribution in [0.4, 0.5) is 0 Å². The van der Waals surface area contributed by atoms with Crippen molar-refractivity contribution in [1.29, 1.82) is 0 Å². The zero-order valence-electron chi connectivity index (χ0n) is 21.4. The number of ether oxygens (including phenoxy) is 6. The second-order valence-corrected chi connectivity index (χ2v) is 9.58. The molecular formula is C30H28O9. The molecule has 5 atom stereocenters. The third-order valence-electron chi connectivity index (χ3n) is 6.30. The van der Waals surface area contributed by atoms with E-state index in [4.69, 9.17) is 28.4 Å². The molecule has 0 spiro atoms. The molecule has 0 bridgehead atoms. The highest BCUT2D eigenvalue weighted by Gasteiger charge is 2.58. The highest BCUT2D eigenvalue weighted by molar-refractivity contribution is 5.91. The molecule has 0 radical (unpaired) electrons. The van der Waals surface area contributed by atoms with Gasteiger partial charge >= 0.3 is 17.9 Å². The SMILES string of the molecule is CC1(C)O[C@H]2O[C@@H](COC(=O)c3ccccc3)[C@@H](OC(=O)c3ccccc3)[C@H](OC(=O)c3ccccc3)[C@H]2O1. The van der Waals surface area contributed by atoms with Crippen molar-refractivity contribution < 1.29 is 42.8 Å². The molecule has 9 heteroatoms. The minimum Gasteiger partial charge on any atom is -0.459 e. The standard InChI is InChI=1S/C30H28O9/c1-30(2)38-25-24(37-28(33)21-16-10-5-11-17-21)23(36-27(32)20-14-8-4-9-15-20)22(35-29(25)39-30)18-34-26(31)19-12-6-3-7-13-19/h3-17,22-25,29H,18H2,1-2H3/t22-,23+,24-,25+,29+/m0/s1. The normalized spacial score (nSPS) is 25.2. The highest BCUT2D eigenvalue weighted by atomic mass is 16.8. The molecule has 0 aromatic heterocycles. The van der Waals surface area contributed by atoms with Crippen molar-refractivity contribution in [2.45, 2.75) is 50.3 Å². The maximum Gasteiger partial charge on any atom is 0.338 e. The van der Waals surface area contributed by atoms with Crippen LogP contribution < -0.4 is 0 Å². The summed E-state index contributed by atoms with van der Waals surface area (Å²) in [7, 11) is 0. The van der Waals surface area contributed by atoms with Crippen LogP contribution in [0.2, 0.25) is 0 Å². The van der Waals surface area contributed by atoms with Gasteiger partial charge in [0.25, 0.3) is 0 Å². The summed E-state index contributed by atoms with van der Waals surface area (Å²) in [5.41, 5.74) is 0.938. The van der Waals surface area contributed by atoms with E-state index in [0.29, 0.717) is 11.1 Å². The zero-order valence-corrected chi connectivity index (χ0v) is 21.4. The van der Waals surface area contributed by atoms with Crippen LogP contribution in [0, 0.1) is 0 Å². The predicted molar refractivity (Wildman–Crippen MR) is 137 cm³/mol. The fraction of sp³-hybridized carbons (Fsp3) is 0.300. The van der Waals surface area contributed by atoms with Gasteiger partial charge in [-0.1, -0.05) is 54.6 Å². The molecule has 0 N–H and O–H groups in total. The molecule has 2 aliphatic heterocycles. The summed E-state index contributed by atoms with van der Waals surface area (Å²) >= 11 is 0. The van der Waals surface area contributed by atoms with E-state index in [9.17, 15) is 14.4 Å². The Morgan fingerprint density at radius 1 is 0.667 bits per heavy atom. The Balaban J connectivity index is 1.44. The van der Waals surface area contributed by atoms with Crippen molar-refractivity contribution in [2.24, 2.45) is 0 Å². The van der Waals surface area contributed by atoms with Gasteiger partial charge in [0.15, 0.2) is 30.4 Å². The number of hydrogen-bond donors (Lipinski definition) is 0. The van der Waals surface area contributed by atoms with E-state index in [1.165, 1.54) is 0 Å². The number of esters is 3. The topological polar surface area (TPSA) is 107 Å². The minimum absolute atomic E-state index is 0.289. The molecule has 3 aromatic carbocycles. The molecule has 3 aromatic rings. The number of fused-ring (bicyclic) bond motifs is 1. The number of carbonyl (C=O) groups excluding carboxylic acids is 3. The Hall–Kier alpha value is -4.05. The molecule has 2 saturated heterocycles. The number of rotatable bonds is 7. The minimum atomic E-state index is -1.19. The van der Waals surface area contributed by atoms with Gasteiger partial charge in [0, 0.05) is 0 Å². The summed E-state index contributed by atoms with van der Waals surface area (Å²) < 4.78 is 35.4. The molecule has 39 heavy (non-hydrogen) atoms. The maximum absolute atomic E-state index is 13.1. The van der Waals surface area contributed by atoms with Crippen LogP contribution in [-0.4, -0.2) is 61.0 Å². The second-order valence-electron chi connectivity index (χ2n) is 9.58. The van der Waals surface area contributed by atoms with Crippen molar-refractivity contribution >= 4 is 17.9 Å². The number of hydrogen-bond acceptors (Lipinski definition) is 9. The zero-order chi connectivity index (χ0) is 27.4. The van der Waals surface area contributed by atoms with Gasteiger partial charge in [-0.3, -0.25) is 0 Å². The van der Waals surface area contributed by atoms with Gasteiger partial charge in [0.05, 0.1) is 16.7 Å². The molecule has 5 rings (SSSR count). The molecule has 202 valence electrons. The average molecular weight is 533 g/mol. The summed E-state index contributed by atoms with van der Waals surface area (Å²) in [6.45, 7) is 3.09. The monoisotopic (exact) mass is 532 g/mol. The van der Waals surface area contributed by atoms with Gasteiger partial charge in [-0.15, -0.1) is 0 Å². The van der Waals surface area contributed by atoms with Gasteiger partial charge in [0.1, 0.15) is 12.7 Å². The largest absolute Gasteiger partial charge is 0.459 e. The fourth-order valence-corrected chi connectivity index (χ4v) is 4.49. The Kier molecular flexibility index (Phi) is 7.74. The molecule has 2 heterocycles. The third kappa shape index (κ3) is 6.17. The summed E-state index contributed by atoms with van der Waals surface area (Å²) in [5, 5.41) is 0. The lowest BCUT2D eigenvalue weighted by molar-refractivity contribution is -0.255. The van der Waals surface area contributed by atoms with Crippen molar-refractivity contribution in [2.75, 3.05) is 6.61 Å². The van der Waals surface area contributed by atoms with E-state index in [1.807, 2.05) is 0 Å². The molecule has 0 saturated carbocycles. The number of benzene rings is 3. The Morgan fingerprint density at radius 2 is 1.13 bits per heavy atom. The quantitative estimate of drug-likeness (QED) is 0.327. The maximum atomic E-state index is 13.1. The molecule has 0 unspecified atom stereocenters. The van der Waals surface area contributed by atoms with Gasteiger partial charge in [-0.05, 0) is 50.2 Å². The van der Waals surface area contributed by atoms with Crippen LogP contribution in [0.3, 0.4) is 0 Å². The smallest absolute Gasteiger partial charge is 0.338 e. The first-order chi connectivity index (χ1) is 18.8. The lowest BCUT2D eigenvalue weighted by atomic mass is 9.98. The Morgan fingerprint density at radius 3 is 1.64 bits per heavy atom. The van der Waals surface area contributed by atoms with Crippen molar-refractivity contribution in [3.8, 4) is 0 Å². The van der Waals surface area contributed by atoms with Crippen LogP contribution in [0.1, 0.15) is 44.9 Å². The summed E-state index contributed by atoms with van der Waals surface area (Å²) in [6.07, 6.45) is -5.24. The van der Waals surface area contributed by atoms with Crippen molar-refractivity contribution in [3.63, 3.8) is 0 Å². The van der Waals surface area contributed by atoms with Crippen LogP contribution in [0.5, 0.6) is 0 Å². The molecule has 2 fully saturated rings. The molecule has 0 amide bonds. The van der Waals surface area contributed by atoms with Crippen LogP contribution >= 0.6 is 0 Å². The summed E-state index contributed by atoms with van der Waals surface area (Å²) in [6, 6.07) is 25.2. The van der Waals surface area contributed by atoms with Gasteiger partial charge < -0.3 is 28.4 Å². The lowest BCUT2D eigenvalue weighted by Gasteiger charge is -2.41. The van der Waals surface area contributed by atoms with Gasteiger partial charge in [-0.2, -0.15) is 0 Å². The van der Waals surface area contributed by atoms with Crippen molar-refractivity contribution in [3.05, 3.63) is 108 Å². The summed E-state index contributed by atoms with van der Waals surface area (Å²) in [5.74, 6) is -2.97. The van der Waals surface area contributed by atoms with E-state index in [1.54, 1.807) is 105 Å². The van der Waals surface area contributed by atoms with E-state index in [2.05, 4.69) is 0 Å². The first-order valence-corrected chi connectivity index (χ1v) is 12.6. The van der Waals surface area contributed by atoms with E-state index >= 15 is 0 Å². The molecular weight excluding hydrogens is 504 g/mol. The molecule has 9 nitrogen and oxygen atoms in total. The molecule has 2 aliphatic rings. The highest BCUT2D eigenvalue weighted by Crippen LogP contribution is 2.39.